The number of hydrogen-bond acceptors (Lipinski definition) is 6. The van der Waals surface area contributed by atoms with Crippen LogP contribution in [0.15, 0.2) is 78.0 Å². The zero-order valence-corrected chi connectivity index (χ0v) is 23.2. The van der Waals surface area contributed by atoms with E-state index < -0.39 is 0 Å². The van der Waals surface area contributed by atoms with Crippen molar-refractivity contribution in [1.29, 1.82) is 0 Å². The van der Waals surface area contributed by atoms with Gasteiger partial charge in [-0.15, -0.1) is 10.2 Å². The van der Waals surface area contributed by atoms with E-state index in [9.17, 15) is 9.59 Å². The van der Waals surface area contributed by atoms with Gasteiger partial charge in [0, 0.05) is 22.9 Å². The molecule has 0 radical (unpaired) electrons. The third kappa shape index (κ3) is 6.55. The molecule has 2 heterocycles. The van der Waals surface area contributed by atoms with Gasteiger partial charge in [0.2, 0.25) is 5.91 Å². The van der Waals surface area contributed by atoms with Crippen LogP contribution in [0.4, 0.5) is 5.69 Å². The van der Waals surface area contributed by atoms with Gasteiger partial charge >= 0.3 is 0 Å². The van der Waals surface area contributed by atoms with E-state index in [2.05, 4.69) is 21.6 Å². The van der Waals surface area contributed by atoms with Gasteiger partial charge in [0.1, 0.15) is 5.75 Å². The summed E-state index contributed by atoms with van der Waals surface area (Å²) >= 11 is 13.3. The first kappa shape index (κ1) is 27.1. The molecular formula is C28H25Cl2N5O3S. The average molecular weight is 583 g/mol. The highest BCUT2D eigenvalue weighted by atomic mass is 35.5. The quantitative estimate of drug-likeness (QED) is 0.268. The van der Waals surface area contributed by atoms with Crippen molar-refractivity contribution in [1.82, 2.24) is 20.1 Å². The van der Waals surface area contributed by atoms with E-state index in [1.54, 1.807) is 18.2 Å². The molecule has 1 aliphatic rings. The van der Waals surface area contributed by atoms with Crippen LogP contribution in [0.5, 0.6) is 5.75 Å². The normalized spacial score (nSPS) is 12.6. The molecule has 0 fully saturated rings. The highest BCUT2D eigenvalue weighted by Gasteiger charge is 2.23. The second-order valence-corrected chi connectivity index (χ2v) is 10.6. The van der Waals surface area contributed by atoms with Crippen molar-refractivity contribution in [3.05, 3.63) is 94.2 Å². The number of fused-ring (bicyclic) bond motifs is 1. The topological polar surface area (TPSA) is 89.3 Å². The lowest BCUT2D eigenvalue weighted by molar-refractivity contribution is -0.123. The van der Waals surface area contributed by atoms with E-state index in [0.717, 1.165) is 24.2 Å². The molecule has 3 aromatic carbocycles. The zero-order valence-electron chi connectivity index (χ0n) is 20.8. The number of halogens is 2. The van der Waals surface area contributed by atoms with E-state index in [-0.39, 0.29) is 30.7 Å². The summed E-state index contributed by atoms with van der Waals surface area (Å²) in [4.78, 5) is 27.5. The first-order valence-electron chi connectivity index (χ1n) is 12.3. The summed E-state index contributed by atoms with van der Waals surface area (Å²) in [6.07, 6.45) is 1.91. The Kier molecular flexibility index (Phi) is 8.71. The molecule has 5 rings (SSSR count). The van der Waals surface area contributed by atoms with Gasteiger partial charge in [-0.25, -0.2) is 0 Å². The highest BCUT2D eigenvalue weighted by Crippen LogP contribution is 2.29. The standard InChI is InChI=1S/C28H25Cl2N5O3S/c29-20-12-13-24(22(30)15-20)38-17-26(36)31-16-25-32-33-28(35(25)21-9-2-1-3-10-21)39-18-27(37)34-14-6-8-19-7-4-5-11-23(19)34/h1-5,7,9-13,15H,6,8,14,16-18H2,(H,31,36). The molecule has 0 saturated heterocycles. The van der Waals surface area contributed by atoms with Crippen molar-refractivity contribution >= 4 is 52.5 Å². The van der Waals surface area contributed by atoms with E-state index >= 15 is 0 Å². The predicted molar refractivity (Wildman–Crippen MR) is 153 cm³/mol. The largest absolute Gasteiger partial charge is 0.482 e. The number of ether oxygens (including phenoxy) is 1. The summed E-state index contributed by atoms with van der Waals surface area (Å²) in [6, 6.07) is 22.4. The molecule has 39 heavy (non-hydrogen) atoms. The number of benzene rings is 3. The van der Waals surface area contributed by atoms with Crippen LogP contribution in [0.3, 0.4) is 0 Å². The van der Waals surface area contributed by atoms with Gasteiger partial charge in [-0.3, -0.25) is 14.2 Å². The van der Waals surface area contributed by atoms with Gasteiger partial charge in [-0.2, -0.15) is 0 Å². The Labute approximate surface area is 240 Å². The first-order valence-corrected chi connectivity index (χ1v) is 14.1. The van der Waals surface area contributed by atoms with Crippen LogP contribution in [-0.4, -0.2) is 45.5 Å². The van der Waals surface area contributed by atoms with Crippen LogP contribution in [-0.2, 0) is 22.6 Å². The molecule has 11 heteroatoms. The predicted octanol–water partition coefficient (Wildman–Crippen LogP) is 5.34. The molecule has 0 unspecified atom stereocenters. The molecule has 0 spiro atoms. The van der Waals surface area contributed by atoms with Gasteiger partial charge in [0.05, 0.1) is 17.3 Å². The van der Waals surface area contributed by atoms with Crippen molar-refractivity contribution in [3.8, 4) is 11.4 Å². The lowest BCUT2D eigenvalue weighted by Gasteiger charge is -2.29. The van der Waals surface area contributed by atoms with E-state index in [0.29, 0.717) is 33.3 Å². The smallest absolute Gasteiger partial charge is 0.258 e. The fourth-order valence-electron chi connectivity index (χ4n) is 4.31. The number of anilines is 1. The minimum absolute atomic E-state index is 0.0163. The Balaban J connectivity index is 1.25. The summed E-state index contributed by atoms with van der Waals surface area (Å²) in [6.45, 7) is 0.586. The number of para-hydroxylation sites is 2. The summed E-state index contributed by atoms with van der Waals surface area (Å²) in [7, 11) is 0. The van der Waals surface area contributed by atoms with Crippen molar-refractivity contribution in [2.75, 3.05) is 23.8 Å². The number of nitrogens with zero attached hydrogens (tertiary/aromatic N) is 4. The number of hydrogen-bond donors (Lipinski definition) is 1. The maximum atomic E-state index is 13.2. The van der Waals surface area contributed by atoms with Gasteiger partial charge in [-0.05, 0) is 54.8 Å². The lowest BCUT2D eigenvalue weighted by atomic mass is 10.0. The molecule has 2 amide bonds. The van der Waals surface area contributed by atoms with E-state index in [1.807, 2.05) is 58.0 Å². The van der Waals surface area contributed by atoms with Crippen LogP contribution in [0, 0.1) is 0 Å². The number of amides is 2. The number of rotatable bonds is 9. The summed E-state index contributed by atoms with van der Waals surface area (Å²) < 4.78 is 7.36. The number of carbonyl (C=O) groups excluding carboxylic acids is 2. The maximum absolute atomic E-state index is 13.2. The fourth-order valence-corrected chi connectivity index (χ4v) is 5.62. The Morgan fingerprint density at radius 3 is 2.62 bits per heavy atom. The number of thioether (sulfide) groups is 1. The maximum Gasteiger partial charge on any atom is 0.258 e. The minimum Gasteiger partial charge on any atom is -0.482 e. The van der Waals surface area contributed by atoms with E-state index in [4.69, 9.17) is 27.9 Å². The third-order valence-corrected chi connectivity index (χ3v) is 7.59. The third-order valence-electron chi connectivity index (χ3n) is 6.15. The number of aromatic nitrogens is 3. The fraction of sp³-hybridized carbons (Fsp3) is 0.214. The molecular weight excluding hydrogens is 557 g/mol. The molecule has 0 saturated carbocycles. The van der Waals surface area contributed by atoms with Crippen molar-refractivity contribution in [2.45, 2.75) is 24.5 Å². The Bertz CT molecular complexity index is 1480. The average Bonchev–Trinajstić information content (AvgIpc) is 3.37. The van der Waals surface area contributed by atoms with Crippen LogP contribution in [0.1, 0.15) is 17.8 Å². The van der Waals surface area contributed by atoms with Crippen LogP contribution < -0.4 is 15.0 Å². The monoisotopic (exact) mass is 581 g/mol. The van der Waals surface area contributed by atoms with Gasteiger partial charge in [0.15, 0.2) is 17.6 Å². The Morgan fingerprint density at radius 2 is 1.79 bits per heavy atom. The summed E-state index contributed by atoms with van der Waals surface area (Å²) in [5, 5.41) is 12.8. The van der Waals surface area contributed by atoms with Gasteiger partial charge in [-0.1, -0.05) is 71.4 Å². The van der Waals surface area contributed by atoms with Gasteiger partial charge < -0.3 is 15.0 Å². The number of aryl methyl sites for hydroxylation is 1. The van der Waals surface area contributed by atoms with Crippen molar-refractivity contribution in [3.63, 3.8) is 0 Å². The lowest BCUT2D eigenvalue weighted by Crippen LogP contribution is -2.36. The molecule has 1 N–H and O–H groups in total. The number of carbonyl (C=O) groups is 2. The SMILES string of the molecule is O=C(COc1ccc(Cl)cc1Cl)NCc1nnc(SCC(=O)N2CCCc3ccccc32)n1-c1ccccc1. The van der Waals surface area contributed by atoms with E-state index in [1.165, 1.54) is 17.3 Å². The molecule has 1 aromatic heterocycles. The van der Waals surface area contributed by atoms with Crippen LogP contribution in [0.2, 0.25) is 10.0 Å². The molecule has 8 nitrogen and oxygen atoms in total. The van der Waals surface area contributed by atoms with Crippen LogP contribution in [0.25, 0.3) is 5.69 Å². The van der Waals surface area contributed by atoms with Crippen LogP contribution >= 0.6 is 35.0 Å². The Hall–Kier alpha value is -3.53. The zero-order chi connectivity index (χ0) is 27.2. The van der Waals surface area contributed by atoms with Crippen molar-refractivity contribution in [2.24, 2.45) is 0 Å². The molecule has 0 bridgehead atoms. The molecule has 0 aliphatic carbocycles. The minimum atomic E-state index is -0.350. The summed E-state index contributed by atoms with van der Waals surface area (Å²) in [5.41, 5.74) is 2.99. The molecule has 1 aliphatic heterocycles. The second-order valence-electron chi connectivity index (χ2n) is 8.78. The molecule has 0 atom stereocenters. The Morgan fingerprint density at radius 1 is 1.00 bits per heavy atom. The molecule has 4 aromatic rings. The number of nitrogens with one attached hydrogen (secondary N) is 1. The molecule has 200 valence electrons. The van der Waals surface area contributed by atoms with Gasteiger partial charge in [0.25, 0.3) is 5.91 Å². The first-order chi connectivity index (χ1) is 19.0. The van der Waals surface area contributed by atoms with Crippen molar-refractivity contribution < 1.29 is 14.3 Å². The summed E-state index contributed by atoms with van der Waals surface area (Å²) in [5.74, 6) is 0.765. The highest BCUT2D eigenvalue weighted by molar-refractivity contribution is 7.99. The second kappa shape index (κ2) is 12.5.